The lowest BCUT2D eigenvalue weighted by atomic mass is 10.1. The van der Waals surface area contributed by atoms with Crippen LogP contribution in [0.1, 0.15) is 17.9 Å². The molecule has 0 unspecified atom stereocenters. The SMILES string of the molecule is Cc1ccc(CN(C)C(=O)[C@@H]2CC(=O)N(c3ccccc3Br)C2)o1. The van der Waals surface area contributed by atoms with Gasteiger partial charge in [-0.1, -0.05) is 12.1 Å². The largest absolute Gasteiger partial charge is 0.464 e. The fourth-order valence-electron chi connectivity index (χ4n) is 2.97. The molecule has 1 aliphatic rings. The van der Waals surface area contributed by atoms with Crippen molar-refractivity contribution in [2.24, 2.45) is 5.92 Å². The lowest BCUT2D eigenvalue weighted by Crippen LogP contribution is -2.34. The van der Waals surface area contributed by atoms with Crippen LogP contribution in [0.2, 0.25) is 0 Å². The Morgan fingerprint density at radius 3 is 2.75 bits per heavy atom. The van der Waals surface area contributed by atoms with Gasteiger partial charge in [0.25, 0.3) is 0 Å². The molecule has 1 fully saturated rings. The van der Waals surface area contributed by atoms with Crippen molar-refractivity contribution in [3.8, 4) is 0 Å². The third-order valence-corrected chi connectivity index (χ3v) is 4.85. The van der Waals surface area contributed by atoms with Crippen LogP contribution in [0.3, 0.4) is 0 Å². The lowest BCUT2D eigenvalue weighted by Gasteiger charge is -2.21. The summed E-state index contributed by atoms with van der Waals surface area (Å²) in [7, 11) is 1.74. The molecule has 0 aliphatic carbocycles. The van der Waals surface area contributed by atoms with Gasteiger partial charge in [0.1, 0.15) is 11.5 Å². The van der Waals surface area contributed by atoms with E-state index in [1.54, 1.807) is 16.8 Å². The van der Waals surface area contributed by atoms with Crippen LogP contribution >= 0.6 is 15.9 Å². The molecule has 0 saturated carbocycles. The fraction of sp³-hybridized carbons (Fsp3) is 0.333. The Bertz CT molecular complexity index is 771. The maximum atomic E-state index is 12.7. The number of aryl methyl sites for hydroxylation is 1. The summed E-state index contributed by atoms with van der Waals surface area (Å²) in [6.07, 6.45) is 0.238. The number of carbonyl (C=O) groups is 2. The van der Waals surface area contributed by atoms with Gasteiger partial charge in [0.2, 0.25) is 11.8 Å². The molecule has 0 spiro atoms. The van der Waals surface area contributed by atoms with Crippen LogP contribution in [-0.2, 0) is 16.1 Å². The van der Waals surface area contributed by atoms with Crippen molar-refractivity contribution in [3.05, 3.63) is 52.4 Å². The Morgan fingerprint density at radius 1 is 1.33 bits per heavy atom. The normalized spacial score (nSPS) is 17.4. The van der Waals surface area contributed by atoms with Gasteiger partial charge in [-0.15, -0.1) is 0 Å². The first-order valence-corrected chi connectivity index (χ1v) is 8.60. The van der Waals surface area contributed by atoms with Gasteiger partial charge in [0.05, 0.1) is 18.2 Å². The van der Waals surface area contributed by atoms with Crippen LogP contribution in [-0.4, -0.2) is 30.3 Å². The van der Waals surface area contributed by atoms with Crippen molar-refractivity contribution < 1.29 is 14.0 Å². The van der Waals surface area contributed by atoms with E-state index in [2.05, 4.69) is 15.9 Å². The number of nitrogens with zero attached hydrogens (tertiary/aromatic N) is 2. The predicted octanol–water partition coefficient (Wildman–Crippen LogP) is 3.36. The number of para-hydroxylation sites is 1. The Labute approximate surface area is 149 Å². The molecule has 5 nitrogen and oxygen atoms in total. The summed E-state index contributed by atoms with van der Waals surface area (Å²) in [6.45, 7) is 2.69. The molecule has 2 aromatic rings. The molecule has 6 heteroatoms. The van der Waals surface area contributed by atoms with E-state index in [0.29, 0.717) is 13.1 Å². The van der Waals surface area contributed by atoms with Crippen LogP contribution in [0.4, 0.5) is 5.69 Å². The maximum Gasteiger partial charge on any atom is 0.228 e. The van der Waals surface area contributed by atoms with Gasteiger partial charge < -0.3 is 14.2 Å². The highest BCUT2D eigenvalue weighted by atomic mass is 79.9. The number of furan rings is 1. The van der Waals surface area contributed by atoms with Crippen LogP contribution in [0.25, 0.3) is 0 Å². The quantitative estimate of drug-likeness (QED) is 0.803. The molecule has 24 heavy (non-hydrogen) atoms. The zero-order valence-electron chi connectivity index (χ0n) is 13.7. The smallest absolute Gasteiger partial charge is 0.228 e. The van der Waals surface area contributed by atoms with Crippen molar-refractivity contribution in [3.63, 3.8) is 0 Å². The zero-order chi connectivity index (χ0) is 17.3. The minimum absolute atomic E-state index is 0.0255. The number of anilines is 1. The number of carbonyl (C=O) groups excluding carboxylic acids is 2. The van der Waals surface area contributed by atoms with Crippen molar-refractivity contribution in [1.82, 2.24) is 4.90 Å². The molecule has 1 aliphatic heterocycles. The van der Waals surface area contributed by atoms with Gasteiger partial charge in [-0.3, -0.25) is 9.59 Å². The second kappa shape index (κ2) is 6.81. The van der Waals surface area contributed by atoms with Crippen molar-refractivity contribution >= 4 is 33.4 Å². The highest BCUT2D eigenvalue weighted by Gasteiger charge is 2.37. The zero-order valence-corrected chi connectivity index (χ0v) is 15.2. The van der Waals surface area contributed by atoms with E-state index in [1.165, 1.54) is 0 Å². The first-order valence-electron chi connectivity index (χ1n) is 7.81. The van der Waals surface area contributed by atoms with E-state index in [0.717, 1.165) is 21.7 Å². The first-order chi connectivity index (χ1) is 11.5. The Kier molecular flexibility index (Phi) is 4.76. The van der Waals surface area contributed by atoms with E-state index >= 15 is 0 Å². The molecule has 1 aromatic heterocycles. The highest BCUT2D eigenvalue weighted by Crippen LogP contribution is 2.31. The number of hydrogen-bond donors (Lipinski definition) is 0. The Morgan fingerprint density at radius 2 is 2.08 bits per heavy atom. The molecule has 0 radical (unpaired) electrons. The van der Waals surface area contributed by atoms with Crippen LogP contribution in [0.5, 0.6) is 0 Å². The van der Waals surface area contributed by atoms with Crippen molar-refractivity contribution in [1.29, 1.82) is 0 Å². The monoisotopic (exact) mass is 390 g/mol. The second-order valence-corrected chi connectivity index (χ2v) is 6.92. The third kappa shape index (κ3) is 3.38. The summed E-state index contributed by atoms with van der Waals surface area (Å²) in [4.78, 5) is 28.3. The summed E-state index contributed by atoms with van der Waals surface area (Å²) in [5.41, 5.74) is 0.808. The highest BCUT2D eigenvalue weighted by molar-refractivity contribution is 9.10. The lowest BCUT2D eigenvalue weighted by molar-refractivity contribution is -0.135. The summed E-state index contributed by atoms with van der Waals surface area (Å²) in [6, 6.07) is 11.3. The minimum atomic E-state index is -0.328. The minimum Gasteiger partial charge on any atom is -0.464 e. The average Bonchev–Trinajstić information content (AvgIpc) is 3.13. The molecular weight excluding hydrogens is 372 g/mol. The van der Waals surface area contributed by atoms with E-state index in [9.17, 15) is 9.59 Å². The van der Waals surface area contributed by atoms with Gasteiger partial charge in [-0.2, -0.15) is 0 Å². The number of hydrogen-bond acceptors (Lipinski definition) is 3. The molecule has 2 heterocycles. The van der Waals surface area contributed by atoms with Gasteiger partial charge in [0.15, 0.2) is 0 Å². The van der Waals surface area contributed by atoms with E-state index in [1.807, 2.05) is 43.3 Å². The molecule has 0 bridgehead atoms. The average molecular weight is 391 g/mol. The summed E-state index contributed by atoms with van der Waals surface area (Å²) in [5.74, 6) is 1.18. The molecule has 1 aromatic carbocycles. The molecule has 126 valence electrons. The molecule has 1 saturated heterocycles. The van der Waals surface area contributed by atoms with Crippen molar-refractivity contribution in [2.45, 2.75) is 19.9 Å². The molecule has 1 atom stereocenters. The number of rotatable bonds is 4. The van der Waals surface area contributed by atoms with Gasteiger partial charge in [-0.25, -0.2) is 0 Å². The van der Waals surface area contributed by atoms with E-state index in [-0.39, 0.29) is 24.2 Å². The summed E-state index contributed by atoms with van der Waals surface area (Å²) in [5, 5.41) is 0. The Hall–Kier alpha value is -2.08. The molecule has 3 rings (SSSR count). The van der Waals surface area contributed by atoms with Crippen molar-refractivity contribution in [2.75, 3.05) is 18.5 Å². The van der Waals surface area contributed by atoms with Crippen LogP contribution in [0.15, 0.2) is 45.3 Å². The number of halogens is 1. The number of amides is 2. The summed E-state index contributed by atoms with van der Waals surface area (Å²) >= 11 is 3.46. The van der Waals surface area contributed by atoms with Crippen LogP contribution in [0, 0.1) is 12.8 Å². The molecule has 0 N–H and O–H groups in total. The molecule has 2 amide bonds. The standard InChI is InChI=1S/C18H19BrN2O3/c1-12-7-8-14(24-12)11-20(2)18(23)13-9-17(22)21(10-13)16-6-4-3-5-15(16)19/h3-8,13H,9-11H2,1-2H3/t13-/m1/s1. The maximum absolute atomic E-state index is 12.7. The van der Waals surface area contributed by atoms with Gasteiger partial charge in [0, 0.05) is 24.5 Å². The fourth-order valence-corrected chi connectivity index (χ4v) is 3.47. The van der Waals surface area contributed by atoms with Gasteiger partial charge >= 0.3 is 0 Å². The number of benzene rings is 1. The van der Waals surface area contributed by atoms with Crippen LogP contribution < -0.4 is 4.90 Å². The Balaban J connectivity index is 1.68. The van der Waals surface area contributed by atoms with E-state index < -0.39 is 0 Å². The third-order valence-electron chi connectivity index (χ3n) is 4.18. The van der Waals surface area contributed by atoms with Gasteiger partial charge in [-0.05, 0) is 47.1 Å². The topological polar surface area (TPSA) is 53.8 Å². The summed E-state index contributed by atoms with van der Waals surface area (Å²) < 4.78 is 6.37. The van der Waals surface area contributed by atoms with E-state index in [4.69, 9.17) is 4.42 Å². The first kappa shape index (κ1) is 16.8. The predicted molar refractivity (Wildman–Crippen MR) is 94.5 cm³/mol. The second-order valence-electron chi connectivity index (χ2n) is 6.06. The molecular formula is C18H19BrN2O3.